The monoisotopic (exact) mass is 468 g/mol. The largest absolute Gasteiger partial charge is 0.342 e. The fourth-order valence-electron chi connectivity index (χ4n) is 3.94. The Balaban J connectivity index is 0.00000150. The molecule has 30 heavy (non-hydrogen) atoms. The lowest BCUT2D eigenvalue weighted by molar-refractivity contribution is 0.0963. The summed E-state index contributed by atoms with van der Waals surface area (Å²) in [5.74, 6) is 0.970. The molecule has 2 heterocycles. The van der Waals surface area contributed by atoms with Gasteiger partial charge in [0.05, 0.1) is 11.7 Å². The molecule has 1 aromatic heterocycles. The predicted molar refractivity (Wildman–Crippen MR) is 132 cm³/mol. The van der Waals surface area contributed by atoms with Gasteiger partial charge in [0.2, 0.25) is 0 Å². The minimum absolute atomic E-state index is 0. The summed E-state index contributed by atoms with van der Waals surface area (Å²) in [7, 11) is 0. The fourth-order valence-corrected chi connectivity index (χ4v) is 3.94. The molecule has 0 bridgehead atoms. The molecule has 1 fully saturated rings. The van der Waals surface area contributed by atoms with E-state index in [1.807, 2.05) is 6.07 Å². The van der Waals surface area contributed by atoms with Crippen LogP contribution in [-0.4, -0.2) is 45.9 Å². The normalized spacial score (nSPS) is 15.4. The first kappa shape index (κ1) is 26.5. The molecule has 0 amide bonds. The van der Waals surface area contributed by atoms with Gasteiger partial charge in [0, 0.05) is 44.0 Å². The number of aryl methyl sites for hydroxylation is 1. The summed E-state index contributed by atoms with van der Waals surface area (Å²) in [6.45, 7) is 9.84. The van der Waals surface area contributed by atoms with Gasteiger partial charge in [0.15, 0.2) is 0 Å². The molecule has 2 aromatic carbocycles. The molecule has 0 radical (unpaired) electrons. The highest BCUT2D eigenvalue weighted by molar-refractivity contribution is 5.86. The Bertz CT molecular complexity index is 863. The average molecular weight is 470 g/mol. The van der Waals surface area contributed by atoms with Gasteiger partial charge in [-0.2, -0.15) is 0 Å². The second kappa shape index (κ2) is 12.3. The third-order valence-electron chi connectivity index (χ3n) is 5.57. The first-order valence-corrected chi connectivity index (χ1v) is 9.83. The highest BCUT2D eigenvalue weighted by Crippen LogP contribution is 2.26. The van der Waals surface area contributed by atoms with Crippen molar-refractivity contribution in [1.82, 2.24) is 19.8 Å². The molecule has 1 saturated heterocycles. The van der Waals surface area contributed by atoms with Gasteiger partial charge in [-0.3, -0.25) is 9.80 Å². The topological polar surface area (TPSA) is 35.2 Å². The van der Waals surface area contributed by atoms with E-state index in [4.69, 9.17) is 4.98 Å². The molecule has 1 aliphatic rings. The predicted octanol–water partition coefficient (Wildman–Crippen LogP) is 5.53. The molecule has 0 aliphatic carbocycles. The number of piperazine rings is 1. The molecule has 1 unspecified atom stereocenters. The zero-order chi connectivity index (χ0) is 18.6. The van der Waals surface area contributed by atoms with Crippen molar-refractivity contribution in [3.8, 4) is 11.4 Å². The van der Waals surface area contributed by atoms with Crippen LogP contribution in [0.3, 0.4) is 0 Å². The lowest BCUT2D eigenvalue weighted by Crippen LogP contribution is -2.46. The number of benzene rings is 2. The minimum Gasteiger partial charge on any atom is -0.342 e. The number of aromatic amines is 1. The third-order valence-corrected chi connectivity index (χ3v) is 5.57. The Morgan fingerprint density at radius 3 is 2.03 bits per heavy atom. The molecular weight excluding hydrogens is 439 g/mol. The molecule has 4 rings (SSSR count). The Kier molecular flexibility index (Phi) is 10.9. The van der Waals surface area contributed by atoms with Crippen LogP contribution in [-0.2, 0) is 6.54 Å². The second-order valence-corrected chi connectivity index (χ2v) is 7.44. The summed E-state index contributed by atoms with van der Waals surface area (Å²) in [6.07, 6.45) is 0. The number of H-pyrrole nitrogens is 1. The number of hydrogen-bond donors (Lipinski definition) is 1. The van der Waals surface area contributed by atoms with Crippen molar-refractivity contribution < 1.29 is 0 Å². The molecule has 3 aromatic rings. The first-order valence-electron chi connectivity index (χ1n) is 9.83. The molecule has 1 N–H and O–H groups in total. The number of aromatic nitrogens is 2. The number of hydrogen-bond acceptors (Lipinski definition) is 3. The van der Waals surface area contributed by atoms with Gasteiger partial charge in [0.25, 0.3) is 0 Å². The summed E-state index contributed by atoms with van der Waals surface area (Å²) in [6, 6.07) is 21.5. The lowest BCUT2D eigenvalue weighted by atomic mass is 10.1. The molecule has 0 spiro atoms. The van der Waals surface area contributed by atoms with E-state index in [9.17, 15) is 0 Å². The average Bonchev–Trinajstić information content (AvgIpc) is 3.11. The van der Waals surface area contributed by atoms with Crippen molar-refractivity contribution in [2.75, 3.05) is 26.2 Å². The zero-order valence-electron chi connectivity index (χ0n) is 17.5. The fraction of sp³-hybridized carbons (Fsp3) is 0.348. The van der Waals surface area contributed by atoms with Crippen molar-refractivity contribution in [3.63, 3.8) is 0 Å². The van der Waals surface area contributed by atoms with Crippen LogP contribution in [0.4, 0.5) is 0 Å². The quantitative estimate of drug-likeness (QED) is 0.533. The van der Waals surface area contributed by atoms with Crippen molar-refractivity contribution >= 4 is 37.2 Å². The maximum atomic E-state index is 4.93. The summed E-state index contributed by atoms with van der Waals surface area (Å²) >= 11 is 0. The van der Waals surface area contributed by atoms with Crippen LogP contribution >= 0.6 is 37.2 Å². The molecular formula is C23H31Cl3N4. The Morgan fingerprint density at radius 1 is 0.867 bits per heavy atom. The van der Waals surface area contributed by atoms with Crippen LogP contribution in [0.15, 0.2) is 60.7 Å². The van der Waals surface area contributed by atoms with Crippen molar-refractivity contribution in [3.05, 3.63) is 77.6 Å². The van der Waals surface area contributed by atoms with Crippen LogP contribution in [0.25, 0.3) is 11.4 Å². The Labute approximate surface area is 198 Å². The third kappa shape index (κ3) is 6.22. The number of imidazole rings is 1. The smallest absolute Gasteiger partial charge is 0.137 e. The van der Waals surface area contributed by atoms with Crippen LogP contribution in [0.2, 0.25) is 0 Å². The van der Waals surface area contributed by atoms with Crippen molar-refractivity contribution in [2.45, 2.75) is 26.4 Å². The highest BCUT2D eigenvalue weighted by atomic mass is 35.5. The molecule has 1 atom stereocenters. The molecule has 0 saturated carbocycles. The molecule has 4 nitrogen and oxygen atoms in total. The van der Waals surface area contributed by atoms with E-state index in [1.165, 1.54) is 17.0 Å². The molecule has 1 aliphatic heterocycles. The van der Waals surface area contributed by atoms with Gasteiger partial charge in [-0.05, 0) is 19.4 Å². The number of nitrogens with zero attached hydrogens (tertiary/aromatic N) is 3. The van der Waals surface area contributed by atoms with Crippen LogP contribution in [0.5, 0.6) is 0 Å². The summed E-state index contributed by atoms with van der Waals surface area (Å²) in [5, 5.41) is 0. The first-order chi connectivity index (χ1) is 13.2. The SMILES string of the molecule is Cc1[nH]c(-c2ccccc2)nc1C(C)N1CCN(Cc2ccccc2)CC1.Cl.Cl.Cl. The van der Waals surface area contributed by atoms with E-state index in [-0.39, 0.29) is 37.2 Å². The standard InChI is InChI=1S/C23H28N4.3ClH/c1-18-22(25-23(24-18)21-11-7-4-8-12-21)19(2)27-15-13-26(14-16-27)17-20-9-5-3-6-10-20;;;/h3-12,19H,13-17H2,1-2H3,(H,24,25);3*1H. The highest BCUT2D eigenvalue weighted by Gasteiger charge is 2.25. The van der Waals surface area contributed by atoms with E-state index in [1.54, 1.807) is 0 Å². The van der Waals surface area contributed by atoms with Crippen molar-refractivity contribution in [2.24, 2.45) is 0 Å². The Hall–Kier alpha value is -1.56. The summed E-state index contributed by atoms with van der Waals surface area (Å²) in [4.78, 5) is 13.5. The van der Waals surface area contributed by atoms with Crippen LogP contribution < -0.4 is 0 Å². The molecule has 7 heteroatoms. The van der Waals surface area contributed by atoms with E-state index in [2.05, 4.69) is 83.2 Å². The van der Waals surface area contributed by atoms with Gasteiger partial charge in [0.1, 0.15) is 5.82 Å². The Morgan fingerprint density at radius 2 is 1.43 bits per heavy atom. The van der Waals surface area contributed by atoms with Gasteiger partial charge < -0.3 is 4.98 Å². The maximum absolute atomic E-state index is 4.93. The number of nitrogens with one attached hydrogen (secondary N) is 1. The van der Waals surface area contributed by atoms with Crippen LogP contribution in [0, 0.1) is 6.92 Å². The zero-order valence-corrected chi connectivity index (χ0v) is 19.9. The van der Waals surface area contributed by atoms with Gasteiger partial charge >= 0.3 is 0 Å². The lowest BCUT2D eigenvalue weighted by Gasteiger charge is -2.37. The van der Waals surface area contributed by atoms with Gasteiger partial charge in [-0.25, -0.2) is 4.98 Å². The number of halogens is 3. The maximum Gasteiger partial charge on any atom is 0.137 e. The number of rotatable bonds is 5. The van der Waals surface area contributed by atoms with Crippen LogP contribution in [0.1, 0.15) is 29.9 Å². The van der Waals surface area contributed by atoms with Gasteiger partial charge in [-0.15, -0.1) is 37.2 Å². The summed E-state index contributed by atoms with van der Waals surface area (Å²) in [5.41, 5.74) is 4.89. The minimum atomic E-state index is 0. The second-order valence-electron chi connectivity index (χ2n) is 7.44. The molecule has 164 valence electrons. The van der Waals surface area contributed by atoms with E-state index >= 15 is 0 Å². The van der Waals surface area contributed by atoms with Crippen molar-refractivity contribution in [1.29, 1.82) is 0 Å². The van der Waals surface area contributed by atoms with E-state index < -0.39 is 0 Å². The van der Waals surface area contributed by atoms with E-state index in [0.29, 0.717) is 6.04 Å². The summed E-state index contributed by atoms with van der Waals surface area (Å²) < 4.78 is 0. The van der Waals surface area contributed by atoms with Gasteiger partial charge in [-0.1, -0.05) is 60.7 Å². The van der Waals surface area contributed by atoms with E-state index in [0.717, 1.165) is 44.1 Å².